The smallest absolute Gasteiger partial charge is 0.277 e. The van der Waals surface area contributed by atoms with Gasteiger partial charge in [-0.25, -0.2) is 18.2 Å². The summed E-state index contributed by atoms with van der Waals surface area (Å²) in [5.41, 5.74) is 12.2. The van der Waals surface area contributed by atoms with Gasteiger partial charge in [-0.05, 0) is 18.6 Å². The van der Waals surface area contributed by atoms with Gasteiger partial charge in [-0.2, -0.15) is 5.10 Å². The minimum atomic E-state index is -2.98. The number of hydrogen-bond acceptors (Lipinski definition) is 7. The van der Waals surface area contributed by atoms with Gasteiger partial charge in [0, 0.05) is 31.6 Å². The van der Waals surface area contributed by atoms with Crippen molar-refractivity contribution in [2.45, 2.75) is 24.8 Å². The Morgan fingerprint density at radius 1 is 1.34 bits per heavy atom. The molecule has 1 aromatic carbocycles. The standard InChI is InChI=1S/C20H22F3N7OS/c1-29-19(30-7-6-11(24)8-20(22,23)10-30)14(9-26-29)27-17(31)15-16(25)32-18(28-15)12-4-2-3-5-13(12)21/h2-5,9,11H,6-8,10,24-25H2,1H3,(H,27,31)/t11-/m1/s1. The molecule has 0 unspecified atom stereocenters. The van der Waals surface area contributed by atoms with E-state index in [1.165, 1.54) is 21.8 Å². The van der Waals surface area contributed by atoms with Crippen molar-refractivity contribution >= 4 is 33.8 Å². The molecule has 170 valence electrons. The summed E-state index contributed by atoms with van der Waals surface area (Å²) in [4.78, 5) is 18.6. The lowest BCUT2D eigenvalue weighted by atomic mass is 10.1. The molecule has 0 radical (unpaired) electrons. The normalized spacial score (nSPS) is 18.4. The van der Waals surface area contributed by atoms with Crippen molar-refractivity contribution < 1.29 is 18.0 Å². The number of alkyl halides is 2. The molecule has 0 spiro atoms. The van der Waals surface area contributed by atoms with Crippen LogP contribution >= 0.6 is 11.3 Å². The van der Waals surface area contributed by atoms with Crippen LogP contribution in [0.2, 0.25) is 0 Å². The Morgan fingerprint density at radius 3 is 2.84 bits per heavy atom. The molecule has 0 aliphatic carbocycles. The van der Waals surface area contributed by atoms with E-state index in [2.05, 4.69) is 15.4 Å². The molecule has 3 aromatic rings. The van der Waals surface area contributed by atoms with E-state index < -0.39 is 36.7 Å². The average molecular weight is 466 g/mol. The maximum absolute atomic E-state index is 14.3. The summed E-state index contributed by atoms with van der Waals surface area (Å²) in [6.45, 7) is -0.255. The van der Waals surface area contributed by atoms with E-state index in [-0.39, 0.29) is 33.5 Å². The molecule has 12 heteroatoms. The maximum Gasteiger partial charge on any atom is 0.277 e. The molecular weight excluding hydrogens is 443 g/mol. The number of benzene rings is 1. The van der Waals surface area contributed by atoms with Crippen molar-refractivity contribution in [3.8, 4) is 10.6 Å². The van der Waals surface area contributed by atoms with Crippen LogP contribution in [0.4, 0.5) is 29.7 Å². The third kappa shape index (κ3) is 4.41. The molecule has 5 N–H and O–H groups in total. The molecule has 1 amide bonds. The number of nitrogens with zero attached hydrogens (tertiary/aromatic N) is 4. The molecule has 0 saturated carbocycles. The molecule has 3 heterocycles. The van der Waals surface area contributed by atoms with Crippen molar-refractivity contribution in [1.29, 1.82) is 0 Å². The Kier molecular flexibility index (Phi) is 5.82. The second kappa shape index (κ2) is 8.43. The highest BCUT2D eigenvalue weighted by Crippen LogP contribution is 2.35. The summed E-state index contributed by atoms with van der Waals surface area (Å²) in [7, 11) is 1.60. The Bertz CT molecular complexity index is 1150. The number of nitrogens with one attached hydrogen (secondary N) is 1. The molecule has 2 aromatic heterocycles. The zero-order valence-electron chi connectivity index (χ0n) is 17.2. The van der Waals surface area contributed by atoms with Crippen LogP contribution in [-0.2, 0) is 7.05 Å². The van der Waals surface area contributed by atoms with Gasteiger partial charge in [-0.3, -0.25) is 9.48 Å². The number of amides is 1. The van der Waals surface area contributed by atoms with Crippen LogP contribution < -0.4 is 21.7 Å². The molecule has 32 heavy (non-hydrogen) atoms. The summed E-state index contributed by atoms with van der Waals surface area (Å²) in [5, 5.41) is 7.13. The highest BCUT2D eigenvalue weighted by atomic mass is 32.1. The quantitative estimate of drug-likeness (QED) is 0.546. The Balaban J connectivity index is 1.60. The average Bonchev–Trinajstić information content (AvgIpc) is 3.23. The lowest BCUT2D eigenvalue weighted by molar-refractivity contribution is -0.000526. The first-order valence-electron chi connectivity index (χ1n) is 9.87. The van der Waals surface area contributed by atoms with E-state index in [4.69, 9.17) is 11.5 Å². The fourth-order valence-corrected chi connectivity index (χ4v) is 4.59. The van der Waals surface area contributed by atoms with Gasteiger partial charge in [0.05, 0.1) is 12.7 Å². The maximum atomic E-state index is 14.3. The lowest BCUT2D eigenvalue weighted by Gasteiger charge is -2.26. The topological polar surface area (TPSA) is 115 Å². The van der Waals surface area contributed by atoms with Crippen LogP contribution in [-0.4, -0.2) is 45.7 Å². The van der Waals surface area contributed by atoms with Crippen molar-refractivity contribution in [2.24, 2.45) is 12.8 Å². The Labute approximate surface area is 186 Å². The zero-order chi connectivity index (χ0) is 23.0. The largest absolute Gasteiger partial charge is 0.389 e. The van der Waals surface area contributed by atoms with E-state index in [0.717, 1.165) is 11.3 Å². The third-order valence-corrected chi connectivity index (χ3v) is 6.10. The number of carbonyl (C=O) groups is 1. The first-order valence-corrected chi connectivity index (χ1v) is 10.7. The van der Waals surface area contributed by atoms with E-state index in [9.17, 15) is 18.0 Å². The van der Waals surface area contributed by atoms with Crippen molar-refractivity contribution in [3.05, 3.63) is 42.0 Å². The molecule has 4 rings (SSSR count). The molecule has 8 nitrogen and oxygen atoms in total. The van der Waals surface area contributed by atoms with Gasteiger partial charge in [-0.15, -0.1) is 0 Å². The zero-order valence-corrected chi connectivity index (χ0v) is 18.0. The minimum Gasteiger partial charge on any atom is -0.389 e. The first-order chi connectivity index (χ1) is 15.1. The summed E-state index contributed by atoms with van der Waals surface area (Å²) < 4.78 is 44.1. The van der Waals surface area contributed by atoms with Crippen LogP contribution in [0.3, 0.4) is 0 Å². The van der Waals surface area contributed by atoms with Gasteiger partial charge >= 0.3 is 0 Å². The Hall–Kier alpha value is -3.12. The number of rotatable bonds is 4. The van der Waals surface area contributed by atoms with E-state index in [0.29, 0.717) is 12.2 Å². The number of nitrogens with two attached hydrogens (primary N) is 2. The predicted molar refractivity (Wildman–Crippen MR) is 117 cm³/mol. The van der Waals surface area contributed by atoms with Crippen molar-refractivity contribution in [3.63, 3.8) is 0 Å². The molecular formula is C20H22F3N7OS. The van der Waals surface area contributed by atoms with Crippen LogP contribution in [0, 0.1) is 5.82 Å². The number of thiazole rings is 1. The van der Waals surface area contributed by atoms with Gasteiger partial charge in [-0.1, -0.05) is 23.5 Å². The number of carbonyl (C=O) groups excluding carboxylic acids is 1. The fourth-order valence-electron chi connectivity index (χ4n) is 3.73. The molecule has 1 saturated heterocycles. The second-order valence-corrected chi connectivity index (χ2v) is 8.73. The van der Waals surface area contributed by atoms with Crippen LogP contribution in [0.25, 0.3) is 10.6 Å². The van der Waals surface area contributed by atoms with Gasteiger partial charge in [0.2, 0.25) is 0 Å². The number of aryl methyl sites for hydroxylation is 1. The van der Waals surface area contributed by atoms with Gasteiger partial charge in [0.15, 0.2) is 11.5 Å². The van der Waals surface area contributed by atoms with E-state index in [1.54, 1.807) is 25.2 Å². The van der Waals surface area contributed by atoms with Gasteiger partial charge in [0.1, 0.15) is 21.5 Å². The van der Waals surface area contributed by atoms with Crippen molar-refractivity contribution in [2.75, 3.05) is 29.0 Å². The molecule has 1 aliphatic rings. The first kappa shape index (κ1) is 22.1. The van der Waals surface area contributed by atoms with Crippen LogP contribution in [0.1, 0.15) is 23.3 Å². The highest BCUT2D eigenvalue weighted by Gasteiger charge is 2.38. The van der Waals surface area contributed by atoms with Gasteiger partial charge in [0.25, 0.3) is 11.8 Å². The van der Waals surface area contributed by atoms with E-state index in [1.807, 2.05) is 0 Å². The summed E-state index contributed by atoms with van der Waals surface area (Å²) in [6.07, 6.45) is 1.34. The molecule has 1 atom stereocenters. The second-order valence-electron chi connectivity index (χ2n) is 7.70. The van der Waals surface area contributed by atoms with Crippen molar-refractivity contribution in [1.82, 2.24) is 14.8 Å². The summed E-state index contributed by atoms with van der Waals surface area (Å²) in [5.74, 6) is -3.78. The predicted octanol–water partition coefficient (Wildman–Crippen LogP) is 3.08. The number of aromatic nitrogens is 3. The number of anilines is 3. The minimum absolute atomic E-state index is 0.0775. The SMILES string of the molecule is Cn1ncc(NC(=O)c2nc(-c3ccccc3F)sc2N)c1N1CC[C@@H](N)CC(F)(F)C1. The third-order valence-electron chi connectivity index (χ3n) is 5.18. The number of nitrogen functional groups attached to an aromatic ring is 1. The molecule has 0 bridgehead atoms. The van der Waals surface area contributed by atoms with Crippen LogP contribution in [0.5, 0.6) is 0 Å². The summed E-state index contributed by atoms with van der Waals surface area (Å²) in [6, 6.07) is 5.41. The lowest BCUT2D eigenvalue weighted by Crippen LogP contribution is -2.37. The highest BCUT2D eigenvalue weighted by molar-refractivity contribution is 7.19. The number of halogens is 3. The fraction of sp³-hybridized carbons (Fsp3) is 0.350. The molecule has 1 aliphatic heterocycles. The molecule has 1 fully saturated rings. The Morgan fingerprint density at radius 2 is 2.09 bits per heavy atom. The number of hydrogen-bond donors (Lipinski definition) is 3. The van der Waals surface area contributed by atoms with Gasteiger partial charge < -0.3 is 21.7 Å². The van der Waals surface area contributed by atoms with E-state index >= 15 is 0 Å². The summed E-state index contributed by atoms with van der Waals surface area (Å²) >= 11 is 0.982. The van der Waals surface area contributed by atoms with Crippen LogP contribution in [0.15, 0.2) is 30.5 Å². The monoisotopic (exact) mass is 465 g/mol.